The molecule has 0 heterocycles. The maximum Gasteiger partial charge on any atom is 0.169 e. The predicted octanol–water partition coefficient (Wildman–Crippen LogP) is 2.75. The number of hydrogen-bond acceptors (Lipinski definition) is 1. The van der Waals surface area contributed by atoms with Gasteiger partial charge in [0.25, 0.3) is 0 Å². The molecule has 0 aliphatic heterocycles. The molecule has 0 aliphatic carbocycles. The summed E-state index contributed by atoms with van der Waals surface area (Å²) in [5.74, 6) is 0.692. The van der Waals surface area contributed by atoms with Crippen LogP contribution in [0, 0.1) is 6.92 Å². The fourth-order valence-electron chi connectivity index (χ4n) is 0.828. The Morgan fingerprint density at radius 2 is 1.85 bits per heavy atom. The minimum absolute atomic E-state index is 0.0192. The molecule has 0 fully saturated rings. The van der Waals surface area contributed by atoms with Crippen molar-refractivity contribution in [1.82, 2.24) is 0 Å². The first kappa shape index (κ1) is 10.9. The van der Waals surface area contributed by atoms with E-state index in [1.165, 1.54) is 0 Å². The van der Waals surface area contributed by atoms with Crippen LogP contribution in [0.1, 0.15) is 5.56 Å². The van der Waals surface area contributed by atoms with Crippen LogP contribution in [0.2, 0.25) is 0 Å². The molecule has 2 atom stereocenters. The predicted molar refractivity (Wildman–Crippen MR) is 59.9 cm³/mol. The number of ether oxygens (including phenoxy) is 1. The SMILES string of the molecule is Cc1ccc(OCC(F)(P)P)cc1. The molecule has 0 saturated heterocycles. The van der Waals surface area contributed by atoms with Gasteiger partial charge in [-0.2, -0.15) is 0 Å². The third kappa shape index (κ3) is 4.55. The van der Waals surface area contributed by atoms with Crippen LogP contribution in [0.3, 0.4) is 0 Å². The van der Waals surface area contributed by atoms with Gasteiger partial charge in [0.2, 0.25) is 0 Å². The van der Waals surface area contributed by atoms with Crippen LogP contribution in [0.5, 0.6) is 5.75 Å². The lowest BCUT2D eigenvalue weighted by atomic mass is 10.2. The highest BCUT2D eigenvalue weighted by Crippen LogP contribution is 2.29. The van der Waals surface area contributed by atoms with Crippen molar-refractivity contribution in [3.63, 3.8) is 0 Å². The average Bonchev–Trinajstić information content (AvgIpc) is 2.02. The summed E-state index contributed by atoms with van der Waals surface area (Å²) in [6.07, 6.45) is 0. The van der Waals surface area contributed by atoms with Crippen LogP contribution < -0.4 is 4.74 Å². The summed E-state index contributed by atoms with van der Waals surface area (Å²) in [5, 5.41) is -1.44. The van der Waals surface area contributed by atoms with Crippen LogP contribution in [0.4, 0.5) is 4.39 Å². The van der Waals surface area contributed by atoms with E-state index in [0.29, 0.717) is 5.75 Å². The Bertz CT molecular complexity index is 266. The first-order valence-corrected chi connectivity index (χ1v) is 5.09. The van der Waals surface area contributed by atoms with Crippen molar-refractivity contribution in [2.24, 2.45) is 0 Å². The second kappa shape index (κ2) is 4.35. The van der Waals surface area contributed by atoms with Crippen molar-refractivity contribution in [2.45, 2.75) is 12.1 Å². The highest BCUT2D eigenvalue weighted by Gasteiger charge is 2.16. The number of benzene rings is 1. The maximum absolute atomic E-state index is 13.0. The zero-order valence-electron chi connectivity index (χ0n) is 7.46. The molecule has 2 unspecified atom stereocenters. The molecule has 0 aromatic heterocycles. The molecule has 1 rings (SSSR count). The molecule has 13 heavy (non-hydrogen) atoms. The summed E-state index contributed by atoms with van der Waals surface area (Å²) in [4.78, 5) is 0. The van der Waals surface area contributed by atoms with E-state index < -0.39 is 5.15 Å². The summed E-state index contributed by atoms with van der Waals surface area (Å²) in [6, 6.07) is 7.52. The molecule has 0 bridgehead atoms. The minimum atomic E-state index is -1.44. The molecule has 0 saturated carbocycles. The van der Waals surface area contributed by atoms with E-state index in [0.717, 1.165) is 5.56 Å². The van der Waals surface area contributed by atoms with Gasteiger partial charge in [0.1, 0.15) is 12.4 Å². The molecule has 0 spiro atoms. The maximum atomic E-state index is 13.0. The second-order valence-corrected chi connectivity index (χ2v) is 5.61. The van der Waals surface area contributed by atoms with Crippen LogP contribution >= 0.6 is 18.5 Å². The Labute approximate surface area is 82.5 Å². The number of alkyl halides is 1. The van der Waals surface area contributed by atoms with Gasteiger partial charge in [0.05, 0.1) is 0 Å². The molecule has 1 nitrogen and oxygen atoms in total. The lowest BCUT2D eigenvalue weighted by molar-refractivity contribution is 0.232. The third-order valence-electron chi connectivity index (χ3n) is 1.48. The Balaban J connectivity index is 2.51. The van der Waals surface area contributed by atoms with Crippen molar-refractivity contribution in [1.29, 1.82) is 0 Å². The first-order valence-electron chi connectivity index (χ1n) is 3.93. The fourth-order valence-corrected chi connectivity index (χ4v) is 0.995. The molecule has 1 aromatic rings. The number of rotatable bonds is 3. The number of halogens is 1. The molecule has 0 N–H and O–H groups in total. The van der Waals surface area contributed by atoms with Gasteiger partial charge in [-0.05, 0) is 19.1 Å². The lowest BCUT2D eigenvalue weighted by Gasteiger charge is -2.14. The average molecular weight is 218 g/mol. The normalized spacial score (nSPS) is 11.4. The zero-order valence-corrected chi connectivity index (χ0v) is 9.77. The monoisotopic (exact) mass is 218 g/mol. The quantitative estimate of drug-likeness (QED) is 0.709. The Morgan fingerprint density at radius 3 is 2.31 bits per heavy atom. The minimum Gasteiger partial charge on any atom is -0.490 e. The van der Waals surface area contributed by atoms with Crippen molar-refractivity contribution < 1.29 is 9.13 Å². The molecular formula is C9H13FOP2. The Kier molecular flexibility index (Phi) is 3.64. The zero-order chi connectivity index (χ0) is 9.90. The third-order valence-corrected chi connectivity index (χ3v) is 1.81. The van der Waals surface area contributed by atoms with E-state index in [1.54, 1.807) is 0 Å². The van der Waals surface area contributed by atoms with E-state index in [-0.39, 0.29) is 6.61 Å². The fraction of sp³-hybridized carbons (Fsp3) is 0.333. The summed E-state index contributed by atoms with van der Waals surface area (Å²) in [7, 11) is 4.14. The lowest BCUT2D eigenvalue weighted by Crippen LogP contribution is -2.15. The highest BCUT2D eigenvalue weighted by atomic mass is 31.1. The van der Waals surface area contributed by atoms with E-state index in [2.05, 4.69) is 18.5 Å². The topological polar surface area (TPSA) is 9.23 Å². The Morgan fingerprint density at radius 1 is 1.31 bits per heavy atom. The number of aryl methyl sites for hydroxylation is 1. The van der Waals surface area contributed by atoms with Gasteiger partial charge >= 0.3 is 0 Å². The van der Waals surface area contributed by atoms with Crippen molar-refractivity contribution in [2.75, 3.05) is 6.61 Å². The van der Waals surface area contributed by atoms with Crippen molar-refractivity contribution in [3.8, 4) is 5.75 Å². The van der Waals surface area contributed by atoms with E-state index >= 15 is 0 Å². The van der Waals surface area contributed by atoms with Gasteiger partial charge in [0, 0.05) is 0 Å². The molecule has 0 radical (unpaired) electrons. The largest absolute Gasteiger partial charge is 0.490 e. The molecule has 0 amide bonds. The van der Waals surface area contributed by atoms with E-state index in [1.807, 2.05) is 31.2 Å². The van der Waals surface area contributed by atoms with Gasteiger partial charge in [-0.15, -0.1) is 0 Å². The van der Waals surface area contributed by atoms with Gasteiger partial charge < -0.3 is 4.74 Å². The Hall–Kier alpha value is -0.190. The highest BCUT2D eigenvalue weighted by molar-refractivity contribution is 7.39. The standard InChI is InChI=1S/C9H13FOP2/c1-7-2-4-8(5-3-7)11-6-9(10,12)13/h2-5H,6,12-13H2,1H3. The van der Waals surface area contributed by atoms with Crippen LogP contribution in [0.25, 0.3) is 0 Å². The van der Waals surface area contributed by atoms with Gasteiger partial charge in [-0.3, -0.25) is 0 Å². The summed E-state index contributed by atoms with van der Waals surface area (Å²) < 4.78 is 18.2. The molecule has 1 aromatic carbocycles. The summed E-state index contributed by atoms with van der Waals surface area (Å²) >= 11 is 0. The van der Waals surface area contributed by atoms with Gasteiger partial charge in [-0.1, -0.05) is 36.2 Å². The van der Waals surface area contributed by atoms with E-state index in [9.17, 15) is 4.39 Å². The first-order chi connectivity index (χ1) is 5.97. The molecule has 4 heteroatoms. The van der Waals surface area contributed by atoms with Gasteiger partial charge in [-0.25, -0.2) is 4.39 Å². The molecule has 72 valence electrons. The smallest absolute Gasteiger partial charge is 0.169 e. The summed E-state index contributed by atoms with van der Waals surface area (Å²) in [5.41, 5.74) is 1.16. The van der Waals surface area contributed by atoms with Crippen LogP contribution in [-0.4, -0.2) is 11.8 Å². The second-order valence-electron chi connectivity index (χ2n) is 3.03. The van der Waals surface area contributed by atoms with Crippen LogP contribution in [0.15, 0.2) is 24.3 Å². The van der Waals surface area contributed by atoms with Gasteiger partial charge in [0.15, 0.2) is 5.15 Å². The molecular weight excluding hydrogens is 205 g/mol. The van der Waals surface area contributed by atoms with Crippen molar-refractivity contribution in [3.05, 3.63) is 29.8 Å². The van der Waals surface area contributed by atoms with E-state index in [4.69, 9.17) is 4.74 Å². The molecule has 0 aliphatic rings. The van der Waals surface area contributed by atoms with Crippen molar-refractivity contribution >= 4 is 18.5 Å². The van der Waals surface area contributed by atoms with Crippen LogP contribution in [-0.2, 0) is 0 Å². The number of hydrogen-bond donors (Lipinski definition) is 0. The summed E-state index contributed by atoms with van der Waals surface area (Å²) in [6.45, 7) is 2.01.